The van der Waals surface area contributed by atoms with Gasteiger partial charge in [-0.05, 0) is 25.3 Å². The van der Waals surface area contributed by atoms with E-state index in [1.807, 2.05) is 13.8 Å². The van der Waals surface area contributed by atoms with Crippen LogP contribution in [-0.4, -0.2) is 34.7 Å². The first-order valence-corrected chi connectivity index (χ1v) is 6.86. The van der Waals surface area contributed by atoms with Crippen LogP contribution in [0.2, 0.25) is 0 Å². The first kappa shape index (κ1) is 16.2. The number of hydrogen-bond donors (Lipinski definition) is 3. The molecule has 3 N–H and O–H groups in total. The SMILES string of the molecule is CCNc1ccc([N+](=O)[O-])c(NCC(CC)CCO)n1. The Morgan fingerprint density at radius 2 is 2.15 bits per heavy atom. The molecule has 0 bridgehead atoms. The van der Waals surface area contributed by atoms with E-state index in [-0.39, 0.29) is 24.0 Å². The van der Waals surface area contributed by atoms with E-state index in [0.717, 1.165) is 6.42 Å². The Bertz CT molecular complexity index is 440. The second-order valence-corrected chi connectivity index (χ2v) is 4.52. The van der Waals surface area contributed by atoms with Crippen LogP contribution in [0, 0.1) is 16.0 Å². The minimum absolute atomic E-state index is 0.0366. The molecule has 0 radical (unpaired) electrons. The summed E-state index contributed by atoms with van der Waals surface area (Å²) in [5, 5.41) is 26.0. The van der Waals surface area contributed by atoms with Crippen molar-refractivity contribution in [3.8, 4) is 0 Å². The van der Waals surface area contributed by atoms with Gasteiger partial charge in [0.2, 0.25) is 5.82 Å². The molecule has 1 atom stereocenters. The Balaban J connectivity index is 2.83. The van der Waals surface area contributed by atoms with E-state index < -0.39 is 4.92 Å². The molecule has 1 heterocycles. The van der Waals surface area contributed by atoms with E-state index in [4.69, 9.17) is 5.11 Å². The van der Waals surface area contributed by atoms with Gasteiger partial charge >= 0.3 is 5.69 Å². The highest BCUT2D eigenvalue weighted by atomic mass is 16.6. The van der Waals surface area contributed by atoms with E-state index >= 15 is 0 Å². The largest absolute Gasteiger partial charge is 0.396 e. The summed E-state index contributed by atoms with van der Waals surface area (Å²) in [4.78, 5) is 14.8. The van der Waals surface area contributed by atoms with Crippen LogP contribution in [0.5, 0.6) is 0 Å². The number of nitro groups is 1. The van der Waals surface area contributed by atoms with Crippen LogP contribution in [0.3, 0.4) is 0 Å². The van der Waals surface area contributed by atoms with Crippen LogP contribution in [0.4, 0.5) is 17.3 Å². The third kappa shape index (κ3) is 4.65. The van der Waals surface area contributed by atoms with Gasteiger partial charge in [0.25, 0.3) is 0 Å². The molecule has 0 amide bonds. The van der Waals surface area contributed by atoms with E-state index in [9.17, 15) is 10.1 Å². The van der Waals surface area contributed by atoms with Crippen LogP contribution in [0.15, 0.2) is 12.1 Å². The van der Waals surface area contributed by atoms with Crippen molar-refractivity contribution in [2.75, 3.05) is 30.3 Å². The van der Waals surface area contributed by atoms with Crippen LogP contribution in [0.1, 0.15) is 26.7 Å². The molecule has 0 aliphatic carbocycles. The summed E-state index contributed by atoms with van der Waals surface area (Å²) in [5.41, 5.74) is -0.0366. The maximum atomic E-state index is 11.0. The van der Waals surface area contributed by atoms with Gasteiger partial charge in [-0.2, -0.15) is 0 Å². The van der Waals surface area contributed by atoms with Crippen molar-refractivity contribution < 1.29 is 10.0 Å². The number of rotatable bonds is 9. The van der Waals surface area contributed by atoms with Crippen LogP contribution in [-0.2, 0) is 0 Å². The number of aromatic nitrogens is 1. The highest BCUT2D eigenvalue weighted by molar-refractivity contribution is 5.60. The summed E-state index contributed by atoms with van der Waals surface area (Å²) in [6, 6.07) is 3.04. The first-order chi connectivity index (χ1) is 9.62. The highest BCUT2D eigenvalue weighted by Gasteiger charge is 2.17. The average Bonchev–Trinajstić information content (AvgIpc) is 2.43. The maximum Gasteiger partial charge on any atom is 0.311 e. The van der Waals surface area contributed by atoms with Crippen molar-refractivity contribution in [2.24, 2.45) is 5.92 Å². The second kappa shape index (κ2) is 8.31. The monoisotopic (exact) mass is 282 g/mol. The summed E-state index contributed by atoms with van der Waals surface area (Å²) in [7, 11) is 0. The van der Waals surface area contributed by atoms with Crippen LogP contribution < -0.4 is 10.6 Å². The highest BCUT2D eigenvalue weighted by Crippen LogP contribution is 2.24. The number of hydrogen-bond acceptors (Lipinski definition) is 6. The average molecular weight is 282 g/mol. The lowest BCUT2D eigenvalue weighted by atomic mass is 10.0. The lowest BCUT2D eigenvalue weighted by Crippen LogP contribution is -2.17. The number of nitrogens with one attached hydrogen (secondary N) is 2. The number of anilines is 2. The normalized spacial score (nSPS) is 11.9. The summed E-state index contributed by atoms with van der Waals surface area (Å²) >= 11 is 0. The fraction of sp³-hybridized carbons (Fsp3) is 0.615. The zero-order valence-electron chi connectivity index (χ0n) is 11.9. The molecule has 1 rings (SSSR count). The Labute approximate surface area is 118 Å². The molecule has 7 nitrogen and oxygen atoms in total. The zero-order valence-corrected chi connectivity index (χ0v) is 11.9. The number of nitrogens with zero attached hydrogens (tertiary/aromatic N) is 2. The van der Waals surface area contributed by atoms with E-state index in [1.54, 1.807) is 6.07 Å². The summed E-state index contributed by atoms with van der Waals surface area (Å²) in [6.45, 7) is 5.34. The predicted octanol–water partition coefficient (Wildman–Crippen LogP) is 2.24. The fourth-order valence-corrected chi connectivity index (χ4v) is 1.88. The van der Waals surface area contributed by atoms with Crippen molar-refractivity contribution >= 4 is 17.3 Å². The minimum Gasteiger partial charge on any atom is -0.396 e. The number of aliphatic hydroxyl groups is 1. The molecular formula is C13H22N4O3. The Morgan fingerprint density at radius 1 is 1.40 bits per heavy atom. The van der Waals surface area contributed by atoms with E-state index in [1.165, 1.54) is 6.07 Å². The van der Waals surface area contributed by atoms with Gasteiger partial charge in [-0.25, -0.2) is 4.98 Å². The van der Waals surface area contributed by atoms with Gasteiger partial charge in [0.05, 0.1) is 4.92 Å². The molecule has 20 heavy (non-hydrogen) atoms. The molecule has 0 aliphatic heterocycles. The quantitative estimate of drug-likeness (QED) is 0.474. The third-order valence-electron chi connectivity index (χ3n) is 3.10. The van der Waals surface area contributed by atoms with Crippen molar-refractivity contribution in [3.63, 3.8) is 0 Å². The van der Waals surface area contributed by atoms with Gasteiger partial charge in [0, 0.05) is 25.8 Å². The lowest BCUT2D eigenvalue weighted by Gasteiger charge is -2.15. The van der Waals surface area contributed by atoms with Gasteiger partial charge in [0.1, 0.15) is 5.82 Å². The molecule has 1 unspecified atom stereocenters. The van der Waals surface area contributed by atoms with Crippen molar-refractivity contribution in [1.82, 2.24) is 4.98 Å². The molecule has 112 valence electrons. The molecule has 1 aromatic heterocycles. The molecule has 7 heteroatoms. The van der Waals surface area contributed by atoms with Crippen molar-refractivity contribution in [1.29, 1.82) is 0 Å². The van der Waals surface area contributed by atoms with Gasteiger partial charge in [-0.3, -0.25) is 10.1 Å². The molecule has 0 fully saturated rings. The predicted molar refractivity (Wildman–Crippen MR) is 79.0 cm³/mol. The second-order valence-electron chi connectivity index (χ2n) is 4.52. The molecule has 0 aliphatic rings. The van der Waals surface area contributed by atoms with Crippen molar-refractivity contribution in [3.05, 3.63) is 22.2 Å². The summed E-state index contributed by atoms with van der Waals surface area (Å²) < 4.78 is 0. The van der Waals surface area contributed by atoms with Gasteiger partial charge in [-0.1, -0.05) is 13.3 Å². The van der Waals surface area contributed by atoms with Gasteiger partial charge < -0.3 is 15.7 Å². The maximum absolute atomic E-state index is 11.0. The van der Waals surface area contributed by atoms with Crippen LogP contribution >= 0.6 is 0 Å². The topological polar surface area (TPSA) is 100 Å². The summed E-state index contributed by atoms with van der Waals surface area (Å²) in [5.74, 6) is 1.14. The molecule has 0 aromatic carbocycles. The van der Waals surface area contributed by atoms with E-state index in [2.05, 4.69) is 15.6 Å². The number of aliphatic hydroxyl groups excluding tert-OH is 1. The third-order valence-corrected chi connectivity index (χ3v) is 3.10. The minimum atomic E-state index is -0.446. The Kier molecular flexibility index (Phi) is 6.72. The Hall–Kier alpha value is -1.89. The molecule has 0 saturated carbocycles. The van der Waals surface area contributed by atoms with Gasteiger partial charge in [-0.15, -0.1) is 0 Å². The lowest BCUT2D eigenvalue weighted by molar-refractivity contribution is -0.384. The van der Waals surface area contributed by atoms with Crippen LogP contribution in [0.25, 0.3) is 0 Å². The van der Waals surface area contributed by atoms with Crippen molar-refractivity contribution in [2.45, 2.75) is 26.7 Å². The molecule has 1 aromatic rings. The zero-order chi connectivity index (χ0) is 15.0. The molecular weight excluding hydrogens is 260 g/mol. The molecule has 0 spiro atoms. The van der Waals surface area contributed by atoms with Gasteiger partial charge in [0.15, 0.2) is 0 Å². The smallest absolute Gasteiger partial charge is 0.311 e. The Morgan fingerprint density at radius 3 is 2.70 bits per heavy atom. The fourth-order valence-electron chi connectivity index (χ4n) is 1.88. The number of pyridine rings is 1. The molecule has 0 saturated heterocycles. The standard InChI is InChI=1S/C13H22N4O3/c1-3-10(7-8-18)9-15-13-11(17(19)20)5-6-12(16-13)14-4-2/h5-6,10,18H,3-4,7-9H2,1-2H3,(H2,14,15,16). The van der Waals surface area contributed by atoms with E-state index in [0.29, 0.717) is 25.3 Å². The summed E-state index contributed by atoms with van der Waals surface area (Å²) in [6.07, 6.45) is 1.57. The first-order valence-electron chi connectivity index (χ1n) is 6.86.